The van der Waals surface area contributed by atoms with Gasteiger partial charge in [-0.25, -0.2) is 0 Å². The van der Waals surface area contributed by atoms with E-state index in [2.05, 4.69) is 10.3 Å². The van der Waals surface area contributed by atoms with E-state index in [0.29, 0.717) is 5.75 Å². The Morgan fingerprint density at radius 3 is 3.00 bits per heavy atom. The van der Waals surface area contributed by atoms with Gasteiger partial charge in [-0.2, -0.15) is 0 Å². The first-order valence-corrected chi connectivity index (χ1v) is 5.40. The molecule has 0 bridgehead atoms. The predicted molar refractivity (Wildman–Crippen MR) is 61.3 cm³/mol. The van der Waals surface area contributed by atoms with Crippen LogP contribution >= 0.6 is 0 Å². The number of hydrogen-bond donors (Lipinski definition) is 2. The molecule has 0 aliphatic carbocycles. The summed E-state index contributed by atoms with van der Waals surface area (Å²) in [6.45, 7) is 1.99. The number of rotatable bonds is 3. The highest BCUT2D eigenvalue weighted by Crippen LogP contribution is 2.12. The van der Waals surface area contributed by atoms with Crippen LogP contribution in [0.25, 0.3) is 0 Å². The third-order valence-electron chi connectivity index (χ3n) is 2.53. The van der Waals surface area contributed by atoms with Gasteiger partial charge < -0.3 is 10.4 Å². The average molecular weight is 204 g/mol. The molecule has 0 fully saturated rings. The number of hydrogen-bond acceptors (Lipinski definition) is 3. The lowest BCUT2D eigenvalue weighted by Gasteiger charge is -2.14. The minimum Gasteiger partial charge on any atom is -0.508 e. The average Bonchev–Trinajstić information content (AvgIpc) is 2.28. The molecular weight excluding hydrogens is 188 g/mol. The molecule has 3 heteroatoms. The maximum absolute atomic E-state index is 9.30. The van der Waals surface area contributed by atoms with E-state index in [0.717, 1.165) is 43.8 Å². The van der Waals surface area contributed by atoms with Crippen molar-refractivity contribution in [1.82, 2.24) is 5.32 Å². The summed E-state index contributed by atoms with van der Waals surface area (Å²) in [7, 11) is 0. The van der Waals surface area contributed by atoms with E-state index >= 15 is 0 Å². The van der Waals surface area contributed by atoms with Crippen LogP contribution in [-0.4, -0.2) is 24.0 Å². The monoisotopic (exact) mass is 204 g/mol. The Bertz CT molecular complexity index is 360. The van der Waals surface area contributed by atoms with Crippen LogP contribution in [-0.2, 0) is 6.42 Å². The zero-order valence-corrected chi connectivity index (χ0v) is 8.74. The number of nitrogens with one attached hydrogen (secondary N) is 1. The number of nitrogens with zero attached hydrogens (tertiary/aromatic N) is 1. The van der Waals surface area contributed by atoms with Crippen LogP contribution in [0.1, 0.15) is 18.4 Å². The molecular formula is C12H16N2O. The van der Waals surface area contributed by atoms with Crippen molar-refractivity contribution in [1.29, 1.82) is 0 Å². The summed E-state index contributed by atoms with van der Waals surface area (Å²) in [6.07, 6.45) is 3.00. The number of aromatic hydroxyl groups is 1. The van der Waals surface area contributed by atoms with Gasteiger partial charge in [0.05, 0.1) is 5.84 Å². The van der Waals surface area contributed by atoms with Crippen LogP contribution in [0.2, 0.25) is 0 Å². The Labute approximate surface area is 89.9 Å². The van der Waals surface area contributed by atoms with E-state index in [4.69, 9.17) is 0 Å². The molecule has 0 aromatic heterocycles. The quantitative estimate of drug-likeness (QED) is 0.787. The summed E-state index contributed by atoms with van der Waals surface area (Å²) in [6, 6.07) is 7.41. The van der Waals surface area contributed by atoms with Crippen LogP contribution in [0, 0.1) is 0 Å². The Hall–Kier alpha value is -1.51. The summed E-state index contributed by atoms with van der Waals surface area (Å²) >= 11 is 0. The first-order valence-electron chi connectivity index (χ1n) is 5.40. The van der Waals surface area contributed by atoms with Crippen molar-refractivity contribution in [2.45, 2.75) is 19.3 Å². The van der Waals surface area contributed by atoms with Crippen molar-refractivity contribution in [2.75, 3.05) is 13.1 Å². The first kappa shape index (κ1) is 10.0. The van der Waals surface area contributed by atoms with Gasteiger partial charge in [0.2, 0.25) is 0 Å². The third-order valence-corrected chi connectivity index (χ3v) is 2.53. The molecule has 1 aliphatic heterocycles. The highest BCUT2D eigenvalue weighted by Gasteiger charge is 2.04. The van der Waals surface area contributed by atoms with Crippen LogP contribution < -0.4 is 5.32 Å². The Kier molecular flexibility index (Phi) is 3.22. The highest BCUT2D eigenvalue weighted by atomic mass is 16.3. The van der Waals surface area contributed by atoms with Crippen molar-refractivity contribution in [3.8, 4) is 5.75 Å². The molecule has 0 amide bonds. The SMILES string of the molecule is Oc1cccc(CCC2=NCCCN2)c1. The Balaban J connectivity index is 1.90. The van der Waals surface area contributed by atoms with Gasteiger partial charge >= 0.3 is 0 Å². The molecule has 1 heterocycles. The molecule has 2 N–H and O–H groups in total. The van der Waals surface area contributed by atoms with Crippen molar-refractivity contribution in [2.24, 2.45) is 4.99 Å². The lowest BCUT2D eigenvalue weighted by atomic mass is 10.1. The van der Waals surface area contributed by atoms with Crippen LogP contribution in [0.15, 0.2) is 29.3 Å². The van der Waals surface area contributed by atoms with E-state index in [-0.39, 0.29) is 0 Å². The smallest absolute Gasteiger partial charge is 0.115 e. The maximum atomic E-state index is 9.30. The van der Waals surface area contributed by atoms with Crippen LogP contribution in [0.5, 0.6) is 5.75 Å². The highest BCUT2D eigenvalue weighted by molar-refractivity contribution is 5.82. The fourth-order valence-electron chi connectivity index (χ4n) is 1.72. The lowest BCUT2D eigenvalue weighted by molar-refractivity contribution is 0.474. The molecule has 2 rings (SSSR count). The second-order valence-corrected chi connectivity index (χ2v) is 3.78. The van der Waals surface area contributed by atoms with Crippen molar-refractivity contribution < 1.29 is 5.11 Å². The van der Waals surface area contributed by atoms with Gasteiger partial charge in [-0.1, -0.05) is 12.1 Å². The zero-order chi connectivity index (χ0) is 10.5. The molecule has 1 aromatic carbocycles. The molecule has 15 heavy (non-hydrogen) atoms. The van der Waals surface area contributed by atoms with Crippen LogP contribution in [0.3, 0.4) is 0 Å². The number of aryl methyl sites for hydroxylation is 1. The van der Waals surface area contributed by atoms with Crippen molar-refractivity contribution in [3.63, 3.8) is 0 Å². The van der Waals surface area contributed by atoms with Crippen LogP contribution in [0.4, 0.5) is 0 Å². The molecule has 0 atom stereocenters. The third kappa shape index (κ3) is 2.98. The fourth-order valence-corrected chi connectivity index (χ4v) is 1.72. The summed E-state index contributed by atoms with van der Waals surface area (Å²) in [5.41, 5.74) is 1.16. The van der Waals surface area contributed by atoms with Gasteiger partial charge in [-0.05, 0) is 30.5 Å². The van der Waals surface area contributed by atoms with E-state index in [1.165, 1.54) is 0 Å². The number of phenolic OH excluding ortho intramolecular Hbond substituents is 1. The van der Waals surface area contributed by atoms with Gasteiger partial charge in [0, 0.05) is 19.5 Å². The van der Waals surface area contributed by atoms with Gasteiger partial charge in [0.1, 0.15) is 5.75 Å². The largest absolute Gasteiger partial charge is 0.508 e. The van der Waals surface area contributed by atoms with E-state index < -0.39 is 0 Å². The van der Waals surface area contributed by atoms with E-state index in [1.807, 2.05) is 18.2 Å². The molecule has 1 aliphatic rings. The van der Waals surface area contributed by atoms with E-state index in [1.54, 1.807) is 6.07 Å². The van der Waals surface area contributed by atoms with Gasteiger partial charge in [-0.15, -0.1) is 0 Å². The van der Waals surface area contributed by atoms with Gasteiger partial charge in [-0.3, -0.25) is 4.99 Å². The first-order chi connectivity index (χ1) is 7.34. The fraction of sp³-hybridized carbons (Fsp3) is 0.417. The maximum Gasteiger partial charge on any atom is 0.115 e. The second kappa shape index (κ2) is 4.82. The normalized spacial score (nSPS) is 15.6. The topological polar surface area (TPSA) is 44.6 Å². The number of aliphatic imine (C=N–C) groups is 1. The summed E-state index contributed by atoms with van der Waals surface area (Å²) < 4.78 is 0. The van der Waals surface area contributed by atoms with Gasteiger partial charge in [0.15, 0.2) is 0 Å². The number of amidine groups is 1. The molecule has 0 radical (unpaired) electrons. The van der Waals surface area contributed by atoms with Crippen molar-refractivity contribution >= 4 is 5.84 Å². The summed E-state index contributed by atoms with van der Waals surface area (Å²) in [5, 5.41) is 12.6. The summed E-state index contributed by atoms with van der Waals surface area (Å²) in [5.74, 6) is 1.44. The second-order valence-electron chi connectivity index (χ2n) is 3.78. The standard InChI is InChI=1S/C12H16N2O/c15-11-4-1-3-10(9-11)5-6-12-13-7-2-8-14-12/h1,3-4,9,15H,2,5-8H2,(H,13,14). The van der Waals surface area contributed by atoms with E-state index in [9.17, 15) is 5.11 Å². The zero-order valence-electron chi connectivity index (χ0n) is 8.74. The predicted octanol–water partition coefficient (Wildman–Crippen LogP) is 1.72. The number of phenols is 1. The molecule has 0 saturated carbocycles. The molecule has 3 nitrogen and oxygen atoms in total. The molecule has 80 valence electrons. The molecule has 0 saturated heterocycles. The van der Waals surface area contributed by atoms with Crippen molar-refractivity contribution in [3.05, 3.63) is 29.8 Å². The summed E-state index contributed by atoms with van der Waals surface area (Å²) in [4.78, 5) is 4.41. The Morgan fingerprint density at radius 2 is 2.27 bits per heavy atom. The minimum atomic E-state index is 0.339. The lowest BCUT2D eigenvalue weighted by Crippen LogP contribution is -2.29. The minimum absolute atomic E-state index is 0.339. The molecule has 0 spiro atoms. The molecule has 0 unspecified atom stereocenters. The van der Waals surface area contributed by atoms with Gasteiger partial charge in [0.25, 0.3) is 0 Å². The molecule has 1 aromatic rings. The Morgan fingerprint density at radius 1 is 1.33 bits per heavy atom. The number of benzene rings is 1.